The van der Waals surface area contributed by atoms with Crippen molar-refractivity contribution < 1.29 is 9.90 Å². The van der Waals surface area contributed by atoms with Crippen LogP contribution in [-0.2, 0) is 11.2 Å². The number of nitrogens with two attached hydrogens (primary N) is 1. The maximum atomic E-state index is 11.8. The third-order valence-electron chi connectivity index (χ3n) is 2.49. The molecule has 0 aliphatic rings. The fraction of sp³-hybridized carbons (Fsp3) is 0.462. The summed E-state index contributed by atoms with van der Waals surface area (Å²) in [7, 11) is 0. The molecule has 0 radical (unpaired) electrons. The number of aliphatic hydroxyl groups excluding tert-OH is 1. The molecule has 0 spiro atoms. The van der Waals surface area contributed by atoms with Gasteiger partial charge in [0.2, 0.25) is 5.91 Å². The smallest absolute Gasteiger partial charge is 0.237 e. The zero-order chi connectivity index (χ0) is 12.9. The molecule has 0 aliphatic carbocycles. The van der Waals surface area contributed by atoms with E-state index in [2.05, 4.69) is 5.32 Å². The first kappa shape index (κ1) is 13.7. The number of benzene rings is 1. The minimum absolute atomic E-state index is 0.114. The van der Waals surface area contributed by atoms with Gasteiger partial charge in [0, 0.05) is 0 Å². The molecule has 94 valence electrons. The first-order valence-corrected chi connectivity index (χ1v) is 5.67. The monoisotopic (exact) mass is 236 g/mol. The predicted octanol–water partition coefficient (Wildman–Crippen LogP) is 0.444. The lowest BCUT2D eigenvalue weighted by Gasteiger charge is -2.25. The largest absolute Gasteiger partial charge is 0.394 e. The van der Waals surface area contributed by atoms with Gasteiger partial charge in [-0.1, -0.05) is 30.3 Å². The van der Waals surface area contributed by atoms with E-state index in [9.17, 15) is 4.79 Å². The van der Waals surface area contributed by atoms with Crippen LogP contribution in [0.5, 0.6) is 0 Å². The summed E-state index contributed by atoms with van der Waals surface area (Å²) in [6, 6.07) is 9.02. The van der Waals surface area contributed by atoms with Crippen molar-refractivity contribution in [2.75, 3.05) is 6.61 Å². The van der Waals surface area contributed by atoms with E-state index >= 15 is 0 Å². The molecule has 4 N–H and O–H groups in total. The molecule has 0 heterocycles. The maximum absolute atomic E-state index is 11.8. The zero-order valence-electron chi connectivity index (χ0n) is 10.3. The Kier molecular flexibility index (Phi) is 4.66. The molecule has 1 atom stereocenters. The van der Waals surface area contributed by atoms with Gasteiger partial charge in [0.05, 0.1) is 18.2 Å². The van der Waals surface area contributed by atoms with E-state index in [1.165, 1.54) is 0 Å². The van der Waals surface area contributed by atoms with E-state index < -0.39 is 11.6 Å². The summed E-state index contributed by atoms with van der Waals surface area (Å²) in [5.41, 5.74) is 6.21. The zero-order valence-corrected chi connectivity index (χ0v) is 10.3. The van der Waals surface area contributed by atoms with Crippen molar-refractivity contribution in [1.82, 2.24) is 5.32 Å². The molecule has 1 rings (SSSR count). The van der Waals surface area contributed by atoms with Crippen LogP contribution in [0.4, 0.5) is 0 Å². The Hall–Kier alpha value is -1.39. The van der Waals surface area contributed by atoms with E-state index in [0.717, 1.165) is 5.56 Å². The van der Waals surface area contributed by atoms with E-state index in [0.29, 0.717) is 6.42 Å². The quantitative estimate of drug-likeness (QED) is 0.694. The van der Waals surface area contributed by atoms with Crippen molar-refractivity contribution in [3.8, 4) is 0 Å². The Labute approximate surface area is 102 Å². The van der Waals surface area contributed by atoms with Gasteiger partial charge >= 0.3 is 0 Å². The van der Waals surface area contributed by atoms with E-state index in [-0.39, 0.29) is 12.5 Å². The third-order valence-corrected chi connectivity index (χ3v) is 2.49. The number of carbonyl (C=O) groups is 1. The molecule has 0 aliphatic heterocycles. The van der Waals surface area contributed by atoms with E-state index in [1.54, 1.807) is 13.8 Å². The minimum Gasteiger partial charge on any atom is -0.394 e. The van der Waals surface area contributed by atoms with Gasteiger partial charge in [-0.3, -0.25) is 4.79 Å². The van der Waals surface area contributed by atoms with Gasteiger partial charge in [0.15, 0.2) is 0 Å². The molecule has 4 heteroatoms. The Balaban J connectivity index is 2.54. The minimum atomic E-state index is -0.634. The van der Waals surface area contributed by atoms with Crippen LogP contribution in [0.3, 0.4) is 0 Å². The van der Waals surface area contributed by atoms with Crippen LogP contribution in [0.1, 0.15) is 19.4 Å². The van der Waals surface area contributed by atoms with Gasteiger partial charge in [0.1, 0.15) is 0 Å². The van der Waals surface area contributed by atoms with Gasteiger partial charge in [-0.25, -0.2) is 0 Å². The molecule has 0 fully saturated rings. The SMILES string of the molecule is CC(C)(CO)NC(=O)[C@@H](N)Cc1ccccc1. The van der Waals surface area contributed by atoms with Crippen LogP contribution in [0.2, 0.25) is 0 Å². The number of rotatable bonds is 5. The van der Waals surface area contributed by atoms with Crippen LogP contribution in [0.25, 0.3) is 0 Å². The molecule has 0 aromatic heterocycles. The average Bonchev–Trinajstić information content (AvgIpc) is 2.30. The predicted molar refractivity (Wildman–Crippen MR) is 67.4 cm³/mol. The van der Waals surface area contributed by atoms with Gasteiger partial charge in [-0.05, 0) is 25.8 Å². The van der Waals surface area contributed by atoms with Crippen molar-refractivity contribution in [3.63, 3.8) is 0 Å². The van der Waals surface area contributed by atoms with Crippen molar-refractivity contribution in [1.29, 1.82) is 0 Å². The Bertz CT molecular complexity index is 363. The summed E-state index contributed by atoms with van der Waals surface area (Å²) >= 11 is 0. The number of hydrogen-bond donors (Lipinski definition) is 3. The number of amides is 1. The van der Waals surface area contributed by atoms with Gasteiger partial charge in [-0.2, -0.15) is 0 Å². The first-order valence-electron chi connectivity index (χ1n) is 5.67. The van der Waals surface area contributed by atoms with E-state index in [1.807, 2.05) is 30.3 Å². The summed E-state index contributed by atoms with van der Waals surface area (Å²) in [5, 5.41) is 11.8. The normalized spacial score (nSPS) is 13.2. The second kappa shape index (κ2) is 5.80. The molecule has 1 aromatic rings. The molecule has 0 saturated carbocycles. The standard InChI is InChI=1S/C13H20N2O2/c1-13(2,9-16)15-12(17)11(14)8-10-6-4-3-5-7-10/h3-7,11,16H,8-9,14H2,1-2H3,(H,15,17)/t11-/m0/s1. The topological polar surface area (TPSA) is 75.3 Å². The second-order valence-electron chi connectivity index (χ2n) is 4.83. The number of carbonyl (C=O) groups excluding carboxylic acids is 1. The molecule has 0 unspecified atom stereocenters. The molecular weight excluding hydrogens is 216 g/mol. The lowest BCUT2D eigenvalue weighted by atomic mass is 10.0. The summed E-state index contributed by atoms with van der Waals surface area (Å²) < 4.78 is 0. The van der Waals surface area contributed by atoms with Crippen molar-refractivity contribution in [2.24, 2.45) is 5.73 Å². The van der Waals surface area contributed by atoms with E-state index in [4.69, 9.17) is 10.8 Å². The van der Waals surface area contributed by atoms with Gasteiger partial charge in [-0.15, -0.1) is 0 Å². The highest BCUT2D eigenvalue weighted by Crippen LogP contribution is 2.04. The second-order valence-corrected chi connectivity index (χ2v) is 4.83. The first-order chi connectivity index (χ1) is 7.94. The molecular formula is C13H20N2O2. The highest BCUT2D eigenvalue weighted by Gasteiger charge is 2.22. The van der Waals surface area contributed by atoms with Crippen LogP contribution in [0.15, 0.2) is 30.3 Å². The van der Waals surface area contributed by atoms with Gasteiger partial charge in [0.25, 0.3) is 0 Å². The lowest BCUT2D eigenvalue weighted by molar-refractivity contribution is -0.124. The number of nitrogens with one attached hydrogen (secondary N) is 1. The van der Waals surface area contributed by atoms with Crippen LogP contribution < -0.4 is 11.1 Å². The van der Waals surface area contributed by atoms with Crippen molar-refractivity contribution in [3.05, 3.63) is 35.9 Å². The maximum Gasteiger partial charge on any atom is 0.237 e. The summed E-state index contributed by atoms with van der Waals surface area (Å²) in [6.45, 7) is 3.39. The summed E-state index contributed by atoms with van der Waals surface area (Å²) in [4.78, 5) is 11.8. The third kappa shape index (κ3) is 4.54. The van der Waals surface area contributed by atoms with Gasteiger partial charge < -0.3 is 16.2 Å². The fourth-order valence-electron chi connectivity index (χ4n) is 1.43. The summed E-state index contributed by atoms with van der Waals surface area (Å²) in [5.74, 6) is -0.243. The average molecular weight is 236 g/mol. The molecule has 0 saturated heterocycles. The Morgan fingerprint density at radius 3 is 2.53 bits per heavy atom. The molecule has 4 nitrogen and oxygen atoms in total. The number of aliphatic hydroxyl groups is 1. The van der Waals surface area contributed by atoms with Crippen LogP contribution in [0, 0.1) is 0 Å². The lowest BCUT2D eigenvalue weighted by Crippen LogP contribution is -2.52. The van der Waals surface area contributed by atoms with Crippen molar-refractivity contribution in [2.45, 2.75) is 31.8 Å². The molecule has 17 heavy (non-hydrogen) atoms. The molecule has 0 bridgehead atoms. The summed E-state index contributed by atoms with van der Waals surface area (Å²) in [6.07, 6.45) is 0.494. The van der Waals surface area contributed by atoms with Crippen LogP contribution in [-0.4, -0.2) is 29.2 Å². The highest BCUT2D eigenvalue weighted by atomic mass is 16.3. The Morgan fingerprint density at radius 2 is 2.00 bits per heavy atom. The van der Waals surface area contributed by atoms with Crippen molar-refractivity contribution >= 4 is 5.91 Å². The molecule has 1 aromatic carbocycles. The Morgan fingerprint density at radius 1 is 1.41 bits per heavy atom. The molecule has 1 amide bonds. The van der Waals surface area contributed by atoms with Crippen LogP contribution >= 0.6 is 0 Å². The fourth-order valence-corrected chi connectivity index (χ4v) is 1.43. The number of hydrogen-bond acceptors (Lipinski definition) is 3. The highest BCUT2D eigenvalue weighted by molar-refractivity contribution is 5.82.